The molecule has 0 aromatic carbocycles. The fraction of sp³-hybridized carbons (Fsp3) is 0.500. The minimum Gasteiger partial charge on any atom is -0.352 e. The van der Waals surface area contributed by atoms with Gasteiger partial charge in [-0.2, -0.15) is 5.10 Å². The molecule has 122 valence electrons. The first-order chi connectivity index (χ1) is 11.1. The van der Waals surface area contributed by atoms with Gasteiger partial charge < -0.3 is 9.80 Å². The molecule has 0 bridgehead atoms. The molecule has 3 rings (SSSR count). The second kappa shape index (κ2) is 6.76. The van der Waals surface area contributed by atoms with Gasteiger partial charge in [0, 0.05) is 57.2 Å². The van der Waals surface area contributed by atoms with Gasteiger partial charge in [-0.1, -0.05) is 0 Å². The highest BCUT2D eigenvalue weighted by atomic mass is 16.2. The third-order valence-electron chi connectivity index (χ3n) is 4.15. The highest BCUT2D eigenvalue weighted by Gasteiger charge is 2.21. The van der Waals surface area contributed by atoms with Gasteiger partial charge in [-0.15, -0.1) is 0 Å². The fourth-order valence-corrected chi connectivity index (χ4v) is 2.90. The van der Waals surface area contributed by atoms with Gasteiger partial charge in [0.25, 0.3) is 0 Å². The number of aromatic nitrogens is 4. The summed E-state index contributed by atoms with van der Waals surface area (Å²) in [6.45, 7) is 7.68. The van der Waals surface area contributed by atoms with Crippen LogP contribution in [0.15, 0.2) is 24.7 Å². The molecule has 7 nitrogen and oxygen atoms in total. The standard InChI is InChI=1S/C16H22N6O/c1-13-11-14(2)22(19-13)6-3-16(23)21-9-7-20(8-10-21)15-12-17-4-5-18-15/h4-5,11-12H,3,6-10H2,1-2H3. The third kappa shape index (κ3) is 3.67. The van der Waals surface area contributed by atoms with E-state index in [9.17, 15) is 4.79 Å². The second-order valence-electron chi connectivity index (χ2n) is 5.83. The Kier molecular flexibility index (Phi) is 4.55. The van der Waals surface area contributed by atoms with Gasteiger partial charge in [0.05, 0.1) is 11.9 Å². The molecule has 2 aromatic rings. The fourth-order valence-electron chi connectivity index (χ4n) is 2.90. The van der Waals surface area contributed by atoms with E-state index < -0.39 is 0 Å². The number of carbonyl (C=O) groups is 1. The molecule has 1 fully saturated rings. The normalized spacial score (nSPS) is 15.0. The molecule has 0 spiro atoms. The van der Waals surface area contributed by atoms with Gasteiger partial charge in [-0.05, 0) is 19.9 Å². The van der Waals surface area contributed by atoms with Crippen LogP contribution in [0.2, 0.25) is 0 Å². The van der Waals surface area contributed by atoms with Crippen molar-refractivity contribution in [2.24, 2.45) is 0 Å². The highest BCUT2D eigenvalue weighted by Crippen LogP contribution is 2.12. The summed E-state index contributed by atoms with van der Waals surface area (Å²) < 4.78 is 1.91. The maximum Gasteiger partial charge on any atom is 0.224 e. The molecule has 0 atom stereocenters. The SMILES string of the molecule is Cc1cc(C)n(CCC(=O)N2CCN(c3cnccn3)CC2)n1. The lowest BCUT2D eigenvalue weighted by atomic mass is 10.2. The smallest absolute Gasteiger partial charge is 0.224 e. The third-order valence-corrected chi connectivity index (χ3v) is 4.15. The zero-order chi connectivity index (χ0) is 16.2. The average molecular weight is 314 g/mol. The number of anilines is 1. The van der Waals surface area contributed by atoms with E-state index in [2.05, 4.69) is 20.0 Å². The summed E-state index contributed by atoms with van der Waals surface area (Å²) in [5.41, 5.74) is 2.09. The van der Waals surface area contributed by atoms with E-state index in [1.165, 1.54) is 0 Å². The molecule has 1 saturated heterocycles. The number of nitrogens with zero attached hydrogens (tertiary/aromatic N) is 6. The first kappa shape index (κ1) is 15.5. The van der Waals surface area contributed by atoms with Crippen molar-refractivity contribution >= 4 is 11.7 Å². The Morgan fingerprint density at radius 1 is 1.17 bits per heavy atom. The molecule has 2 aromatic heterocycles. The lowest BCUT2D eigenvalue weighted by Gasteiger charge is -2.35. The zero-order valence-electron chi connectivity index (χ0n) is 13.6. The Bertz CT molecular complexity index is 660. The monoisotopic (exact) mass is 314 g/mol. The van der Waals surface area contributed by atoms with Crippen LogP contribution in [0.4, 0.5) is 5.82 Å². The van der Waals surface area contributed by atoms with Crippen molar-refractivity contribution in [2.45, 2.75) is 26.8 Å². The molecular weight excluding hydrogens is 292 g/mol. The van der Waals surface area contributed by atoms with Crippen LogP contribution in [-0.2, 0) is 11.3 Å². The molecule has 0 radical (unpaired) electrons. The summed E-state index contributed by atoms with van der Waals surface area (Å²) in [7, 11) is 0. The van der Waals surface area contributed by atoms with Crippen LogP contribution in [0.1, 0.15) is 17.8 Å². The Balaban J connectivity index is 1.49. The van der Waals surface area contributed by atoms with E-state index >= 15 is 0 Å². The average Bonchev–Trinajstić information content (AvgIpc) is 2.91. The molecule has 0 unspecified atom stereocenters. The zero-order valence-corrected chi connectivity index (χ0v) is 13.6. The molecule has 1 aliphatic heterocycles. The lowest BCUT2D eigenvalue weighted by molar-refractivity contribution is -0.131. The van der Waals surface area contributed by atoms with Gasteiger partial charge in [0.1, 0.15) is 5.82 Å². The molecule has 3 heterocycles. The minimum atomic E-state index is 0.191. The largest absolute Gasteiger partial charge is 0.352 e. The Labute approximate surface area is 135 Å². The Morgan fingerprint density at radius 3 is 2.57 bits per heavy atom. The van der Waals surface area contributed by atoms with Crippen molar-refractivity contribution in [2.75, 3.05) is 31.1 Å². The van der Waals surface area contributed by atoms with Gasteiger partial charge in [-0.25, -0.2) is 4.98 Å². The molecule has 1 amide bonds. The van der Waals surface area contributed by atoms with Crippen LogP contribution < -0.4 is 4.90 Å². The van der Waals surface area contributed by atoms with Crippen molar-refractivity contribution in [3.05, 3.63) is 36.0 Å². The van der Waals surface area contributed by atoms with Gasteiger partial charge in [0.2, 0.25) is 5.91 Å². The van der Waals surface area contributed by atoms with Crippen LogP contribution in [0, 0.1) is 13.8 Å². The van der Waals surface area contributed by atoms with Crippen molar-refractivity contribution in [1.82, 2.24) is 24.6 Å². The van der Waals surface area contributed by atoms with E-state index in [1.54, 1.807) is 18.6 Å². The Morgan fingerprint density at radius 2 is 1.96 bits per heavy atom. The van der Waals surface area contributed by atoms with Gasteiger partial charge >= 0.3 is 0 Å². The van der Waals surface area contributed by atoms with Crippen molar-refractivity contribution < 1.29 is 4.79 Å². The van der Waals surface area contributed by atoms with Crippen LogP contribution in [0.5, 0.6) is 0 Å². The van der Waals surface area contributed by atoms with E-state index in [0.717, 1.165) is 43.4 Å². The summed E-state index contributed by atoms with van der Waals surface area (Å²) in [4.78, 5) is 24.9. The first-order valence-corrected chi connectivity index (χ1v) is 7.93. The van der Waals surface area contributed by atoms with Crippen LogP contribution in [0.25, 0.3) is 0 Å². The van der Waals surface area contributed by atoms with E-state index in [4.69, 9.17) is 0 Å². The molecule has 23 heavy (non-hydrogen) atoms. The van der Waals surface area contributed by atoms with Crippen molar-refractivity contribution in [1.29, 1.82) is 0 Å². The summed E-state index contributed by atoms with van der Waals surface area (Å²) in [6, 6.07) is 2.03. The summed E-state index contributed by atoms with van der Waals surface area (Å²) in [5.74, 6) is 1.07. The molecular formula is C16H22N6O. The maximum atomic E-state index is 12.4. The van der Waals surface area contributed by atoms with E-state index in [-0.39, 0.29) is 5.91 Å². The number of hydrogen-bond acceptors (Lipinski definition) is 5. The number of piperazine rings is 1. The quantitative estimate of drug-likeness (QED) is 0.843. The summed E-state index contributed by atoms with van der Waals surface area (Å²) in [6.07, 6.45) is 5.62. The lowest BCUT2D eigenvalue weighted by Crippen LogP contribution is -2.49. The van der Waals surface area contributed by atoms with E-state index in [1.807, 2.05) is 29.5 Å². The molecule has 1 aliphatic rings. The Hall–Kier alpha value is -2.44. The number of carbonyl (C=O) groups excluding carboxylic acids is 1. The maximum absolute atomic E-state index is 12.4. The van der Waals surface area contributed by atoms with Gasteiger partial charge in [0.15, 0.2) is 0 Å². The topological polar surface area (TPSA) is 67.2 Å². The second-order valence-corrected chi connectivity index (χ2v) is 5.83. The first-order valence-electron chi connectivity index (χ1n) is 7.93. The number of hydrogen-bond donors (Lipinski definition) is 0. The van der Waals surface area contributed by atoms with Crippen LogP contribution in [0.3, 0.4) is 0 Å². The molecule has 0 N–H and O–H groups in total. The van der Waals surface area contributed by atoms with Crippen LogP contribution >= 0.6 is 0 Å². The summed E-state index contributed by atoms with van der Waals surface area (Å²) in [5, 5.41) is 4.40. The minimum absolute atomic E-state index is 0.191. The molecule has 0 aliphatic carbocycles. The highest BCUT2D eigenvalue weighted by molar-refractivity contribution is 5.76. The molecule has 7 heteroatoms. The number of rotatable bonds is 4. The number of aryl methyl sites for hydroxylation is 3. The predicted octanol–water partition coefficient (Wildman–Crippen LogP) is 1.03. The number of amides is 1. The summed E-state index contributed by atoms with van der Waals surface area (Å²) >= 11 is 0. The molecule has 0 saturated carbocycles. The van der Waals surface area contributed by atoms with Crippen molar-refractivity contribution in [3.63, 3.8) is 0 Å². The van der Waals surface area contributed by atoms with Crippen LogP contribution in [-0.4, -0.2) is 56.7 Å². The van der Waals surface area contributed by atoms with Crippen molar-refractivity contribution in [3.8, 4) is 0 Å². The van der Waals surface area contributed by atoms with Gasteiger partial charge in [-0.3, -0.25) is 14.5 Å². The predicted molar refractivity (Wildman–Crippen MR) is 87.1 cm³/mol. The van der Waals surface area contributed by atoms with E-state index in [0.29, 0.717) is 13.0 Å².